The van der Waals surface area contributed by atoms with Gasteiger partial charge in [-0.3, -0.25) is 4.90 Å². The number of aryl methyl sites for hydroxylation is 1. The van der Waals surface area contributed by atoms with Crippen LogP contribution in [0.3, 0.4) is 0 Å². The van der Waals surface area contributed by atoms with Gasteiger partial charge in [-0.1, -0.05) is 13.8 Å². The molecule has 0 radical (unpaired) electrons. The first-order valence-electron chi connectivity index (χ1n) is 7.49. The minimum atomic E-state index is 0.585. The highest BCUT2D eigenvalue weighted by molar-refractivity contribution is 5.21. The Bertz CT molecular complexity index is 407. The van der Waals surface area contributed by atoms with Crippen molar-refractivity contribution in [3.05, 3.63) is 23.2 Å². The molecule has 1 saturated carbocycles. The SMILES string of the molecule is Cc1oc(CNC2CC2)cc1CN(C)C(C)C(C)C. The van der Waals surface area contributed by atoms with Crippen molar-refractivity contribution in [3.8, 4) is 0 Å². The second-order valence-electron chi connectivity index (χ2n) is 6.35. The van der Waals surface area contributed by atoms with E-state index in [2.05, 4.69) is 51.0 Å². The number of hydrogen-bond acceptors (Lipinski definition) is 3. The first kappa shape index (κ1) is 14.6. The van der Waals surface area contributed by atoms with Crippen LogP contribution >= 0.6 is 0 Å². The summed E-state index contributed by atoms with van der Waals surface area (Å²) in [6.07, 6.45) is 2.64. The van der Waals surface area contributed by atoms with E-state index in [4.69, 9.17) is 4.42 Å². The van der Waals surface area contributed by atoms with Gasteiger partial charge < -0.3 is 9.73 Å². The lowest BCUT2D eigenvalue weighted by Gasteiger charge is -2.27. The van der Waals surface area contributed by atoms with Crippen molar-refractivity contribution < 1.29 is 4.42 Å². The van der Waals surface area contributed by atoms with Gasteiger partial charge in [0.1, 0.15) is 11.5 Å². The van der Waals surface area contributed by atoms with E-state index in [1.807, 2.05) is 0 Å². The summed E-state index contributed by atoms with van der Waals surface area (Å²) in [5, 5.41) is 3.50. The van der Waals surface area contributed by atoms with E-state index >= 15 is 0 Å². The average Bonchev–Trinajstić information content (AvgIpc) is 3.12. The third-order valence-corrected chi connectivity index (χ3v) is 4.29. The van der Waals surface area contributed by atoms with Crippen molar-refractivity contribution in [2.24, 2.45) is 5.92 Å². The van der Waals surface area contributed by atoms with Gasteiger partial charge in [0.15, 0.2) is 0 Å². The number of rotatable bonds is 7. The van der Waals surface area contributed by atoms with Crippen LogP contribution in [0, 0.1) is 12.8 Å². The molecular formula is C16H28N2O. The fraction of sp³-hybridized carbons (Fsp3) is 0.750. The molecule has 0 aromatic carbocycles. The molecule has 1 aromatic heterocycles. The highest BCUT2D eigenvalue weighted by Crippen LogP contribution is 2.22. The van der Waals surface area contributed by atoms with Crippen molar-refractivity contribution in [1.29, 1.82) is 0 Å². The second-order valence-corrected chi connectivity index (χ2v) is 6.35. The van der Waals surface area contributed by atoms with E-state index in [9.17, 15) is 0 Å². The fourth-order valence-corrected chi connectivity index (χ4v) is 2.29. The third-order valence-electron chi connectivity index (χ3n) is 4.29. The summed E-state index contributed by atoms with van der Waals surface area (Å²) in [4.78, 5) is 2.40. The fourth-order valence-electron chi connectivity index (χ4n) is 2.29. The molecule has 1 aliphatic carbocycles. The Labute approximate surface area is 117 Å². The van der Waals surface area contributed by atoms with Crippen LogP contribution in [0.1, 0.15) is 50.7 Å². The predicted molar refractivity (Wildman–Crippen MR) is 79.1 cm³/mol. The molecule has 0 bridgehead atoms. The van der Waals surface area contributed by atoms with Crippen LogP contribution in [0.25, 0.3) is 0 Å². The first-order valence-corrected chi connectivity index (χ1v) is 7.49. The number of hydrogen-bond donors (Lipinski definition) is 1. The summed E-state index contributed by atoms with van der Waals surface area (Å²) in [7, 11) is 2.19. The van der Waals surface area contributed by atoms with Gasteiger partial charge in [0, 0.05) is 24.2 Å². The Morgan fingerprint density at radius 1 is 1.37 bits per heavy atom. The van der Waals surface area contributed by atoms with Gasteiger partial charge in [0.05, 0.1) is 6.54 Å². The van der Waals surface area contributed by atoms with E-state index in [1.165, 1.54) is 18.4 Å². The van der Waals surface area contributed by atoms with Crippen molar-refractivity contribution in [2.75, 3.05) is 7.05 Å². The lowest BCUT2D eigenvalue weighted by Crippen LogP contribution is -2.32. The standard InChI is InChI=1S/C16H28N2O/c1-11(2)12(3)18(5)10-14-8-16(19-13(14)4)9-17-15-6-7-15/h8,11-12,15,17H,6-7,9-10H2,1-5H3. The van der Waals surface area contributed by atoms with E-state index in [-0.39, 0.29) is 0 Å². The first-order chi connectivity index (χ1) is 8.97. The lowest BCUT2D eigenvalue weighted by atomic mass is 10.0. The van der Waals surface area contributed by atoms with Crippen molar-refractivity contribution in [3.63, 3.8) is 0 Å². The van der Waals surface area contributed by atoms with Gasteiger partial charge in [-0.25, -0.2) is 0 Å². The topological polar surface area (TPSA) is 28.4 Å². The van der Waals surface area contributed by atoms with Crippen molar-refractivity contribution in [1.82, 2.24) is 10.2 Å². The zero-order valence-electron chi connectivity index (χ0n) is 13.0. The number of furan rings is 1. The average molecular weight is 264 g/mol. The van der Waals surface area contributed by atoms with Gasteiger partial charge >= 0.3 is 0 Å². The Morgan fingerprint density at radius 3 is 2.63 bits per heavy atom. The maximum absolute atomic E-state index is 5.84. The largest absolute Gasteiger partial charge is 0.465 e. The molecule has 3 heteroatoms. The van der Waals surface area contributed by atoms with E-state index < -0.39 is 0 Å². The summed E-state index contributed by atoms with van der Waals surface area (Å²) in [5.74, 6) is 2.81. The molecule has 0 amide bonds. The molecule has 19 heavy (non-hydrogen) atoms. The van der Waals surface area contributed by atoms with Crippen molar-refractivity contribution >= 4 is 0 Å². The molecule has 1 atom stereocenters. The number of nitrogens with zero attached hydrogens (tertiary/aromatic N) is 1. The smallest absolute Gasteiger partial charge is 0.118 e. The zero-order chi connectivity index (χ0) is 14.0. The molecule has 0 aliphatic heterocycles. The quantitative estimate of drug-likeness (QED) is 0.819. The summed E-state index contributed by atoms with van der Waals surface area (Å²) in [6, 6.07) is 3.54. The summed E-state index contributed by atoms with van der Waals surface area (Å²) < 4.78 is 5.84. The molecule has 1 N–H and O–H groups in total. The Morgan fingerprint density at radius 2 is 2.05 bits per heavy atom. The van der Waals surface area contributed by atoms with Crippen molar-refractivity contribution in [2.45, 2.75) is 65.7 Å². The summed E-state index contributed by atoms with van der Waals surface area (Å²) >= 11 is 0. The van der Waals surface area contributed by atoms with Gasteiger partial charge in [0.25, 0.3) is 0 Å². The molecule has 0 saturated heterocycles. The minimum Gasteiger partial charge on any atom is -0.465 e. The molecule has 3 nitrogen and oxygen atoms in total. The third kappa shape index (κ3) is 4.08. The van der Waals surface area contributed by atoms with Crippen LogP contribution in [-0.4, -0.2) is 24.0 Å². The molecule has 2 rings (SSSR count). The minimum absolute atomic E-state index is 0.585. The summed E-state index contributed by atoms with van der Waals surface area (Å²) in [6.45, 7) is 10.7. The highest BCUT2D eigenvalue weighted by atomic mass is 16.3. The molecule has 1 aromatic rings. The maximum atomic E-state index is 5.84. The van der Waals surface area contributed by atoms with Crippen LogP contribution < -0.4 is 5.32 Å². The zero-order valence-corrected chi connectivity index (χ0v) is 13.0. The number of nitrogens with one attached hydrogen (secondary N) is 1. The van der Waals surface area contributed by atoms with E-state index in [0.29, 0.717) is 12.0 Å². The van der Waals surface area contributed by atoms with Crippen LogP contribution in [0.4, 0.5) is 0 Å². The maximum Gasteiger partial charge on any atom is 0.118 e. The molecule has 1 unspecified atom stereocenters. The van der Waals surface area contributed by atoms with Crippen LogP contribution in [0.15, 0.2) is 10.5 Å². The Kier molecular flexibility index (Phi) is 4.69. The second kappa shape index (κ2) is 6.10. The van der Waals surface area contributed by atoms with Gasteiger partial charge in [-0.2, -0.15) is 0 Å². The Hall–Kier alpha value is -0.800. The molecule has 1 aliphatic rings. The van der Waals surface area contributed by atoms with Crippen LogP contribution in [0.2, 0.25) is 0 Å². The summed E-state index contributed by atoms with van der Waals surface area (Å²) in [5.41, 5.74) is 1.32. The monoisotopic (exact) mass is 264 g/mol. The Balaban J connectivity index is 1.91. The van der Waals surface area contributed by atoms with Crippen LogP contribution in [-0.2, 0) is 13.1 Å². The van der Waals surface area contributed by atoms with Gasteiger partial charge in [-0.15, -0.1) is 0 Å². The molecule has 108 valence electrons. The highest BCUT2D eigenvalue weighted by Gasteiger charge is 2.21. The van der Waals surface area contributed by atoms with Gasteiger partial charge in [-0.05, 0) is 45.7 Å². The van der Waals surface area contributed by atoms with E-state index in [1.54, 1.807) is 0 Å². The molecule has 0 spiro atoms. The van der Waals surface area contributed by atoms with Gasteiger partial charge in [0.2, 0.25) is 0 Å². The molecule has 1 heterocycles. The normalized spacial score (nSPS) is 17.4. The van der Waals surface area contributed by atoms with Crippen LogP contribution in [0.5, 0.6) is 0 Å². The molecule has 1 fully saturated rings. The molecular weight excluding hydrogens is 236 g/mol. The lowest BCUT2D eigenvalue weighted by molar-refractivity contribution is 0.199. The van der Waals surface area contributed by atoms with E-state index in [0.717, 1.165) is 30.7 Å². The predicted octanol–water partition coefficient (Wildman–Crippen LogP) is 3.32.